The number of rotatable bonds is 5. The van der Waals surface area contributed by atoms with E-state index in [1.54, 1.807) is 6.33 Å². The highest BCUT2D eigenvalue weighted by Gasteiger charge is 2.18. The minimum absolute atomic E-state index is 0.457. The third kappa shape index (κ3) is 3.86. The predicted molar refractivity (Wildman–Crippen MR) is 109 cm³/mol. The van der Waals surface area contributed by atoms with E-state index in [4.69, 9.17) is 34.8 Å². The van der Waals surface area contributed by atoms with Gasteiger partial charge in [0.05, 0.1) is 12.9 Å². The van der Waals surface area contributed by atoms with E-state index in [2.05, 4.69) is 20.3 Å². The Bertz CT molecular complexity index is 1030. The van der Waals surface area contributed by atoms with E-state index in [1.807, 2.05) is 47.0 Å². The summed E-state index contributed by atoms with van der Waals surface area (Å²) in [6.45, 7) is 1.06. The first kappa shape index (κ1) is 18.0. The zero-order valence-electron chi connectivity index (χ0n) is 14.0. The van der Waals surface area contributed by atoms with Gasteiger partial charge in [-0.3, -0.25) is 0 Å². The second-order valence-corrected chi connectivity index (χ2v) is 7.20. The Morgan fingerprint density at radius 1 is 0.889 bits per heavy atom. The molecule has 0 amide bonds. The van der Waals surface area contributed by atoms with E-state index < -0.39 is 0 Å². The summed E-state index contributed by atoms with van der Waals surface area (Å²) in [5, 5.41) is 5.22. The van der Waals surface area contributed by atoms with Crippen LogP contribution in [0.1, 0.15) is 11.1 Å². The highest BCUT2D eigenvalue weighted by molar-refractivity contribution is 6.36. The molecule has 0 aromatic heterocycles. The van der Waals surface area contributed by atoms with Gasteiger partial charge in [-0.1, -0.05) is 53.0 Å². The largest absolute Gasteiger partial charge is 0.364 e. The topological polar surface area (TPSA) is 55.6 Å². The summed E-state index contributed by atoms with van der Waals surface area (Å²) in [6.07, 6.45) is 3.23. The molecule has 0 spiro atoms. The smallest absolute Gasteiger partial charge is 0.165 e. The Kier molecular flexibility index (Phi) is 5.16. The van der Waals surface area contributed by atoms with Crippen LogP contribution in [0.4, 0.5) is 5.82 Å². The maximum Gasteiger partial charge on any atom is 0.165 e. The van der Waals surface area contributed by atoms with Crippen LogP contribution < -0.4 is 5.32 Å². The predicted octanol–water partition coefficient (Wildman–Crippen LogP) is 5.40. The van der Waals surface area contributed by atoms with Crippen molar-refractivity contribution in [3.8, 4) is 11.5 Å². The normalized spacial score (nSPS) is 11.1. The molecular formula is C19H14Cl3N5. The number of aromatic nitrogens is 4. The summed E-state index contributed by atoms with van der Waals surface area (Å²) < 4.78 is 1.88. The monoisotopic (exact) mass is 417 g/mol. The molecule has 0 saturated heterocycles. The quantitative estimate of drug-likeness (QED) is 0.471. The highest BCUT2D eigenvalue weighted by Crippen LogP contribution is 2.29. The number of nitrogens with zero attached hydrogens (tertiary/aromatic N) is 4. The van der Waals surface area contributed by atoms with Gasteiger partial charge in [0.25, 0.3) is 0 Å². The molecule has 0 aliphatic carbocycles. The van der Waals surface area contributed by atoms with Crippen molar-refractivity contribution in [2.75, 3.05) is 5.32 Å². The minimum Gasteiger partial charge on any atom is -0.364 e. The number of fused-ring (bicyclic) bond motifs is 1. The lowest BCUT2D eigenvalue weighted by Crippen LogP contribution is -2.11. The molecule has 0 radical (unpaired) electrons. The van der Waals surface area contributed by atoms with Crippen molar-refractivity contribution in [3.05, 3.63) is 81.3 Å². The molecule has 2 heterocycles. The molecule has 2 aromatic carbocycles. The lowest BCUT2D eigenvalue weighted by Gasteiger charge is -2.15. The molecule has 0 atom stereocenters. The Balaban J connectivity index is 1.59. The second kappa shape index (κ2) is 7.72. The molecule has 27 heavy (non-hydrogen) atoms. The summed E-state index contributed by atoms with van der Waals surface area (Å²) >= 11 is 18.5. The molecule has 2 aliphatic heterocycles. The standard InChI is InChI=1S/C19H14Cl3N5/c20-13-6-4-12(5-7-13)8-23-18-17-19(25-10-24-17)27(11-26-18)9-14-15(21)2-1-3-16(14)22/h1-7,10-11,23H,8-9H2. The number of imidazole rings is 1. The van der Waals surface area contributed by atoms with Gasteiger partial charge in [-0.05, 0) is 29.8 Å². The van der Waals surface area contributed by atoms with E-state index in [9.17, 15) is 0 Å². The molecule has 1 N–H and O–H groups in total. The molecule has 0 bridgehead atoms. The maximum absolute atomic E-state index is 6.29. The van der Waals surface area contributed by atoms with Gasteiger partial charge >= 0.3 is 0 Å². The molecule has 2 aromatic rings. The molecule has 136 valence electrons. The fourth-order valence-corrected chi connectivity index (χ4v) is 3.41. The van der Waals surface area contributed by atoms with Crippen LogP contribution in [-0.2, 0) is 13.1 Å². The van der Waals surface area contributed by atoms with Crippen molar-refractivity contribution in [2.24, 2.45) is 0 Å². The van der Waals surface area contributed by atoms with E-state index in [0.29, 0.717) is 45.5 Å². The van der Waals surface area contributed by atoms with Crippen LogP contribution >= 0.6 is 34.8 Å². The van der Waals surface area contributed by atoms with Crippen LogP contribution in [0.25, 0.3) is 11.5 Å². The lowest BCUT2D eigenvalue weighted by atomic mass is 10.2. The zero-order chi connectivity index (χ0) is 18.8. The Labute approximate surface area is 171 Å². The van der Waals surface area contributed by atoms with Crippen molar-refractivity contribution in [1.82, 2.24) is 19.5 Å². The first-order chi connectivity index (χ1) is 13.1. The van der Waals surface area contributed by atoms with E-state index >= 15 is 0 Å². The average molecular weight is 419 g/mol. The van der Waals surface area contributed by atoms with Crippen molar-refractivity contribution < 1.29 is 0 Å². The maximum atomic E-state index is 6.29. The molecular weight excluding hydrogens is 405 g/mol. The SMILES string of the molecule is Clc1ccc(CNc2ncn(Cc3c(Cl)cccc3Cl)c3ncnc2-3)cc1. The molecule has 2 aliphatic rings. The van der Waals surface area contributed by atoms with Gasteiger partial charge in [-0.15, -0.1) is 0 Å². The van der Waals surface area contributed by atoms with Crippen molar-refractivity contribution in [3.63, 3.8) is 0 Å². The summed E-state index contributed by atoms with van der Waals surface area (Å²) in [4.78, 5) is 13.2. The number of hydrogen-bond donors (Lipinski definition) is 1. The molecule has 4 rings (SSSR count). The fourth-order valence-electron chi connectivity index (χ4n) is 2.77. The fraction of sp³-hybridized carbons (Fsp3) is 0.105. The Morgan fingerprint density at radius 3 is 2.37 bits per heavy atom. The third-order valence-electron chi connectivity index (χ3n) is 4.16. The molecule has 0 unspecified atom stereocenters. The van der Waals surface area contributed by atoms with E-state index in [0.717, 1.165) is 11.1 Å². The number of halogens is 3. The van der Waals surface area contributed by atoms with Gasteiger partial charge in [0, 0.05) is 27.2 Å². The first-order valence-electron chi connectivity index (χ1n) is 8.19. The zero-order valence-corrected chi connectivity index (χ0v) is 16.3. The van der Waals surface area contributed by atoms with Crippen LogP contribution in [0.2, 0.25) is 15.1 Å². The number of hydrogen-bond acceptors (Lipinski definition) is 4. The van der Waals surface area contributed by atoms with Gasteiger partial charge in [0.15, 0.2) is 17.3 Å². The van der Waals surface area contributed by atoms with Crippen molar-refractivity contribution in [2.45, 2.75) is 13.1 Å². The molecule has 5 nitrogen and oxygen atoms in total. The van der Waals surface area contributed by atoms with E-state index in [1.165, 1.54) is 6.33 Å². The van der Waals surface area contributed by atoms with E-state index in [-0.39, 0.29) is 0 Å². The van der Waals surface area contributed by atoms with Gasteiger partial charge < -0.3 is 9.88 Å². The summed E-state index contributed by atoms with van der Waals surface area (Å²) in [6, 6.07) is 13.1. The lowest BCUT2D eigenvalue weighted by molar-refractivity contribution is 0.761. The Morgan fingerprint density at radius 2 is 1.63 bits per heavy atom. The summed E-state index contributed by atoms with van der Waals surface area (Å²) in [5.41, 5.74) is 2.60. The van der Waals surface area contributed by atoms with Crippen LogP contribution in [0.5, 0.6) is 0 Å². The van der Waals surface area contributed by atoms with Gasteiger partial charge in [0.1, 0.15) is 6.33 Å². The number of benzene rings is 2. The minimum atomic E-state index is 0.457. The summed E-state index contributed by atoms with van der Waals surface area (Å²) in [7, 11) is 0. The molecule has 8 heteroatoms. The van der Waals surface area contributed by atoms with Crippen LogP contribution in [0, 0.1) is 0 Å². The van der Waals surface area contributed by atoms with Crippen molar-refractivity contribution in [1.29, 1.82) is 0 Å². The van der Waals surface area contributed by atoms with Gasteiger partial charge in [-0.25, -0.2) is 15.0 Å². The average Bonchev–Trinajstić information content (AvgIpc) is 3.15. The van der Waals surface area contributed by atoms with Gasteiger partial charge in [0.2, 0.25) is 0 Å². The molecule has 0 saturated carbocycles. The van der Waals surface area contributed by atoms with Crippen LogP contribution in [0.15, 0.2) is 55.1 Å². The van der Waals surface area contributed by atoms with Crippen molar-refractivity contribution >= 4 is 40.6 Å². The van der Waals surface area contributed by atoms with Crippen LogP contribution in [-0.4, -0.2) is 19.5 Å². The second-order valence-electron chi connectivity index (χ2n) is 5.95. The first-order valence-corrected chi connectivity index (χ1v) is 9.32. The number of nitrogens with one attached hydrogen (secondary N) is 1. The molecule has 0 fully saturated rings. The van der Waals surface area contributed by atoms with Gasteiger partial charge in [-0.2, -0.15) is 0 Å². The summed E-state index contributed by atoms with van der Waals surface area (Å²) in [5.74, 6) is 1.37. The third-order valence-corrected chi connectivity index (χ3v) is 5.12. The highest BCUT2D eigenvalue weighted by atomic mass is 35.5. The van der Waals surface area contributed by atoms with Crippen LogP contribution in [0.3, 0.4) is 0 Å². The number of anilines is 1. The Hall–Kier alpha value is -2.34.